The molecule has 4 rings (SSSR count). The molecule has 3 aromatic rings. The highest BCUT2D eigenvalue weighted by Gasteiger charge is 2.23. The summed E-state index contributed by atoms with van der Waals surface area (Å²) in [5.74, 6) is 0. The van der Waals surface area contributed by atoms with Crippen molar-refractivity contribution in [2.45, 2.75) is 32.0 Å². The average molecular weight is 311 g/mol. The predicted molar refractivity (Wildman–Crippen MR) is 102 cm³/mol. The molecule has 0 aliphatic heterocycles. The van der Waals surface area contributed by atoms with E-state index in [-0.39, 0.29) is 0 Å². The van der Waals surface area contributed by atoms with Crippen LogP contribution in [0.4, 0.5) is 0 Å². The number of pyridine rings is 1. The predicted octanol–water partition coefficient (Wildman–Crippen LogP) is 3.35. The molecule has 24 heavy (non-hydrogen) atoms. The maximum Gasteiger partial charge on any atom is 0.215 e. The molecule has 0 saturated heterocycles. The van der Waals surface area contributed by atoms with Gasteiger partial charge in [0, 0.05) is 11.9 Å². The molecule has 0 unspecified atom stereocenters. The first-order chi connectivity index (χ1) is 11.9. The maximum absolute atomic E-state index is 4.78. The van der Waals surface area contributed by atoms with Crippen molar-refractivity contribution in [1.29, 1.82) is 0 Å². The van der Waals surface area contributed by atoms with Crippen LogP contribution < -0.4 is 10.9 Å². The molecule has 118 valence electrons. The number of rotatable bonds is 4. The largest absolute Gasteiger partial charge is 0.262 e. The first-order valence-corrected chi connectivity index (χ1v) is 8.97. The summed E-state index contributed by atoms with van der Waals surface area (Å²) >= 11 is 0. The molecular weight excluding hydrogens is 289 g/mol. The van der Waals surface area contributed by atoms with Crippen LogP contribution in [-0.2, 0) is 19.2 Å². The molecule has 1 aliphatic carbocycles. The van der Waals surface area contributed by atoms with Crippen LogP contribution in [0.25, 0.3) is 0 Å². The molecule has 0 N–H and O–H groups in total. The van der Waals surface area contributed by atoms with Crippen LogP contribution in [0.1, 0.15) is 29.7 Å². The number of benzene rings is 2. The van der Waals surface area contributed by atoms with Crippen molar-refractivity contribution >= 4 is 17.6 Å². The Morgan fingerprint density at radius 2 is 1.38 bits per heavy atom. The van der Waals surface area contributed by atoms with Gasteiger partial charge < -0.3 is 0 Å². The fourth-order valence-electron chi connectivity index (χ4n) is 3.91. The molecule has 1 nitrogen and oxygen atoms in total. The highest BCUT2D eigenvalue weighted by atomic mass is 14.7. The summed E-state index contributed by atoms with van der Waals surface area (Å²) in [5.41, 5.74) is 7.08. The minimum Gasteiger partial charge on any atom is -0.262 e. The van der Waals surface area contributed by atoms with Crippen molar-refractivity contribution in [1.82, 2.24) is 4.98 Å². The number of hydrogen-bond acceptors (Lipinski definition) is 1. The van der Waals surface area contributed by atoms with E-state index in [2.05, 4.69) is 66.7 Å². The van der Waals surface area contributed by atoms with Crippen LogP contribution in [0.15, 0.2) is 72.9 Å². The van der Waals surface area contributed by atoms with Crippen molar-refractivity contribution in [3.8, 4) is 0 Å². The Morgan fingerprint density at radius 3 is 2.04 bits per heavy atom. The molecule has 2 heteroatoms. The van der Waals surface area contributed by atoms with Gasteiger partial charge in [-0.25, -0.2) is 0 Å². The lowest BCUT2D eigenvalue weighted by Gasteiger charge is -2.21. The fraction of sp³-hybridized carbons (Fsp3) is 0.227. The minimum absolute atomic E-state index is 0.369. The van der Waals surface area contributed by atoms with Gasteiger partial charge >= 0.3 is 0 Å². The van der Waals surface area contributed by atoms with Gasteiger partial charge in [-0.2, -0.15) is 0 Å². The highest BCUT2D eigenvalue weighted by molar-refractivity contribution is 6.84. The van der Waals surface area contributed by atoms with Crippen LogP contribution in [0.2, 0.25) is 0 Å². The molecule has 0 atom stereocenters. The second-order valence-corrected chi connectivity index (χ2v) is 6.68. The summed E-state index contributed by atoms with van der Waals surface area (Å²) in [6, 6.07) is 23.9. The van der Waals surface area contributed by atoms with Crippen molar-refractivity contribution in [3.63, 3.8) is 0 Å². The van der Waals surface area contributed by atoms with Gasteiger partial charge in [0.05, 0.1) is 0 Å². The van der Waals surface area contributed by atoms with E-state index in [1.165, 1.54) is 53.4 Å². The van der Waals surface area contributed by atoms with Crippen molar-refractivity contribution in [2.75, 3.05) is 0 Å². The summed E-state index contributed by atoms with van der Waals surface area (Å²) in [6.07, 6.45) is 8.01. The second-order valence-electron chi connectivity index (χ2n) is 6.68. The SMILES string of the molecule is c1ccc(B(Cc2nccc3c2CCCC3)c2ccccc2)cc1. The molecule has 2 aromatic carbocycles. The van der Waals surface area contributed by atoms with Gasteiger partial charge in [0.1, 0.15) is 0 Å². The summed E-state index contributed by atoms with van der Waals surface area (Å²) in [5, 5.41) is 0. The van der Waals surface area contributed by atoms with Gasteiger partial charge in [-0.15, -0.1) is 0 Å². The third kappa shape index (κ3) is 3.14. The van der Waals surface area contributed by atoms with Crippen LogP contribution in [0.3, 0.4) is 0 Å². The zero-order valence-electron chi connectivity index (χ0n) is 14.0. The number of aryl methyl sites for hydroxylation is 1. The van der Waals surface area contributed by atoms with E-state index in [1.54, 1.807) is 0 Å². The summed E-state index contributed by atoms with van der Waals surface area (Å²) in [7, 11) is 0. The lowest BCUT2D eigenvalue weighted by Crippen LogP contribution is -2.44. The van der Waals surface area contributed by atoms with Gasteiger partial charge in [0.15, 0.2) is 0 Å². The number of fused-ring (bicyclic) bond motifs is 1. The first kappa shape index (κ1) is 15.2. The van der Waals surface area contributed by atoms with E-state index in [0.717, 1.165) is 6.32 Å². The Morgan fingerprint density at radius 1 is 0.750 bits per heavy atom. The summed E-state index contributed by atoms with van der Waals surface area (Å²) in [6.45, 7) is 0.369. The fourth-order valence-corrected chi connectivity index (χ4v) is 3.91. The molecule has 0 bridgehead atoms. The van der Waals surface area contributed by atoms with Gasteiger partial charge in [-0.3, -0.25) is 4.98 Å². The minimum atomic E-state index is 0.369. The standard InChI is InChI=1S/C22H22BN/c1-3-10-19(11-4-1)23(20-12-5-2-6-13-20)17-22-21-14-8-7-9-18(21)15-16-24-22/h1-6,10-13,15-16H,7-9,14,17H2. The van der Waals surface area contributed by atoms with Gasteiger partial charge in [-0.1, -0.05) is 71.6 Å². The molecule has 0 spiro atoms. The number of aromatic nitrogens is 1. The van der Waals surface area contributed by atoms with Crippen molar-refractivity contribution < 1.29 is 0 Å². The van der Waals surface area contributed by atoms with E-state index < -0.39 is 0 Å². The molecule has 0 saturated carbocycles. The van der Waals surface area contributed by atoms with E-state index in [9.17, 15) is 0 Å². The molecule has 1 aliphatic rings. The molecule has 0 amide bonds. The van der Waals surface area contributed by atoms with Gasteiger partial charge in [0.25, 0.3) is 0 Å². The van der Waals surface area contributed by atoms with Crippen LogP contribution in [-0.4, -0.2) is 11.7 Å². The lowest BCUT2D eigenvalue weighted by molar-refractivity contribution is 0.676. The third-order valence-corrected chi connectivity index (χ3v) is 5.17. The number of hydrogen-bond donors (Lipinski definition) is 0. The van der Waals surface area contributed by atoms with Crippen LogP contribution >= 0.6 is 0 Å². The number of nitrogens with zero attached hydrogens (tertiary/aromatic N) is 1. The quantitative estimate of drug-likeness (QED) is 0.673. The van der Waals surface area contributed by atoms with Crippen molar-refractivity contribution in [3.05, 3.63) is 89.7 Å². The maximum atomic E-state index is 4.78. The summed E-state index contributed by atoms with van der Waals surface area (Å²) in [4.78, 5) is 4.78. The Labute approximate surface area is 144 Å². The Balaban J connectivity index is 1.73. The normalized spacial score (nSPS) is 13.3. The molecule has 1 aromatic heterocycles. The highest BCUT2D eigenvalue weighted by Crippen LogP contribution is 2.23. The Bertz CT molecular complexity index is 759. The smallest absolute Gasteiger partial charge is 0.215 e. The Kier molecular flexibility index (Phi) is 4.46. The third-order valence-electron chi connectivity index (χ3n) is 5.17. The van der Waals surface area contributed by atoms with E-state index in [0.29, 0.717) is 6.71 Å². The van der Waals surface area contributed by atoms with Gasteiger partial charge in [0.2, 0.25) is 6.71 Å². The van der Waals surface area contributed by atoms with Crippen LogP contribution in [0.5, 0.6) is 0 Å². The molecule has 0 fully saturated rings. The zero-order chi connectivity index (χ0) is 16.2. The molecular formula is C22H22BN. The van der Waals surface area contributed by atoms with E-state index in [4.69, 9.17) is 4.98 Å². The van der Waals surface area contributed by atoms with Crippen LogP contribution in [0, 0.1) is 0 Å². The van der Waals surface area contributed by atoms with E-state index >= 15 is 0 Å². The van der Waals surface area contributed by atoms with Gasteiger partial charge in [-0.05, 0) is 49.2 Å². The first-order valence-electron chi connectivity index (χ1n) is 8.97. The topological polar surface area (TPSA) is 12.9 Å². The lowest BCUT2D eigenvalue weighted by atomic mass is 9.38. The summed E-state index contributed by atoms with van der Waals surface area (Å²) < 4.78 is 0. The van der Waals surface area contributed by atoms with E-state index in [1.807, 2.05) is 6.20 Å². The second kappa shape index (κ2) is 7.04. The Hall–Kier alpha value is -2.35. The monoisotopic (exact) mass is 311 g/mol. The van der Waals surface area contributed by atoms with Crippen molar-refractivity contribution in [2.24, 2.45) is 0 Å². The average Bonchev–Trinajstić information content (AvgIpc) is 2.67. The molecule has 0 radical (unpaired) electrons. The molecule has 1 heterocycles. The zero-order valence-corrected chi connectivity index (χ0v) is 14.0.